The molecule has 0 aliphatic carbocycles. The zero-order valence-corrected chi connectivity index (χ0v) is 14.0. The number of nitrogens with one attached hydrogen (secondary N) is 1. The Bertz CT molecular complexity index is 1020. The number of aromatic amines is 1. The average molecular weight is 344 g/mol. The Morgan fingerprint density at radius 3 is 2.56 bits per heavy atom. The van der Waals surface area contributed by atoms with Gasteiger partial charge in [0.15, 0.2) is 5.78 Å². The van der Waals surface area contributed by atoms with Crippen molar-refractivity contribution >= 4 is 11.4 Å². The van der Waals surface area contributed by atoms with Crippen LogP contribution in [0.3, 0.4) is 0 Å². The maximum Gasteiger partial charge on any atom is 0.256 e. The number of imidazole rings is 1. The number of aryl methyl sites for hydroxylation is 2. The quantitative estimate of drug-likeness (QED) is 0.716. The van der Waals surface area contributed by atoms with E-state index in [1.165, 1.54) is 16.5 Å². The van der Waals surface area contributed by atoms with Gasteiger partial charge in [-0.15, -0.1) is 0 Å². The number of ketones is 1. The van der Waals surface area contributed by atoms with Gasteiger partial charge in [-0.05, 0) is 38.0 Å². The van der Waals surface area contributed by atoms with Crippen LogP contribution in [0.15, 0.2) is 35.1 Å². The number of hydrogen-bond donors (Lipinski definition) is 1. The van der Waals surface area contributed by atoms with Gasteiger partial charge in [0.05, 0.1) is 11.1 Å². The van der Waals surface area contributed by atoms with E-state index in [0.717, 1.165) is 42.8 Å². The molecule has 130 valence electrons. The van der Waals surface area contributed by atoms with Crippen LogP contribution in [-0.4, -0.2) is 15.2 Å². The van der Waals surface area contributed by atoms with Crippen LogP contribution in [0.5, 0.6) is 0 Å². The Hall–Kier alpha value is -2.76. The highest BCUT2D eigenvalue weighted by atomic mass is 19.1. The van der Waals surface area contributed by atoms with E-state index in [-0.39, 0.29) is 16.7 Å². The molecule has 0 aliphatic heterocycles. The number of aromatic nitrogens is 2. The minimum absolute atomic E-state index is 0.177. The number of halogens is 2. The van der Waals surface area contributed by atoms with Gasteiger partial charge in [0.2, 0.25) is 0 Å². The molecular formula is C19H18F2N2O2. The number of nitrogens with zero attached hydrogens (tertiary/aromatic N) is 1. The van der Waals surface area contributed by atoms with E-state index in [0.29, 0.717) is 11.7 Å². The molecule has 0 saturated heterocycles. The number of H-pyrrole nitrogens is 1. The van der Waals surface area contributed by atoms with Crippen molar-refractivity contribution in [2.24, 2.45) is 0 Å². The van der Waals surface area contributed by atoms with E-state index in [1.54, 1.807) is 0 Å². The fourth-order valence-corrected chi connectivity index (χ4v) is 2.96. The third-order valence-electron chi connectivity index (χ3n) is 4.33. The van der Waals surface area contributed by atoms with Crippen molar-refractivity contribution in [3.63, 3.8) is 0 Å². The molecule has 1 aromatic carbocycles. The van der Waals surface area contributed by atoms with Crippen molar-refractivity contribution in [2.45, 2.75) is 33.1 Å². The van der Waals surface area contributed by atoms with Crippen LogP contribution in [0.4, 0.5) is 8.78 Å². The summed E-state index contributed by atoms with van der Waals surface area (Å²) < 4.78 is 28.5. The monoisotopic (exact) mass is 344 g/mol. The smallest absolute Gasteiger partial charge is 0.256 e. The molecule has 2 heterocycles. The van der Waals surface area contributed by atoms with Crippen LogP contribution in [-0.2, 0) is 6.42 Å². The fourth-order valence-electron chi connectivity index (χ4n) is 2.96. The van der Waals surface area contributed by atoms with Gasteiger partial charge in [-0.1, -0.05) is 13.3 Å². The molecule has 4 nitrogen and oxygen atoms in total. The van der Waals surface area contributed by atoms with Crippen molar-refractivity contribution in [3.05, 3.63) is 74.8 Å². The fraction of sp³-hybridized carbons (Fsp3) is 0.263. The highest BCUT2D eigenvalue weighted by molar-refractivity contribution is 6.12. The SMILES string of the molecule is CCCCc1[nH]c2c(C(=O)c3ccc(F)cc3F)ccc(=O)n2c1C. The predicted octanol–water partition coefficient (Wildman–Crippen LogP) is 3.79. The summed E-state index contributed by atoms with van der Waals surface area (Å²) in [5.74, 6) is -2.27. The second-order valence-electron chi connectivity index (χ2n) is 6.02. The molecule has 6 heteroatoms. The first-order chi connectivity index (χ1) is 11.9. The van der Waals surface area contributed by atoms with Crippen LogP contribution in [0.2, 0.25) is 0 Å². The van der Waals surface area contributed by atoms with Crippen LogP contribution in [0.1, 0.15) is 47.1 Å². The number of rotatable bonds is 5. The van der Waals surface area contributed by atoms with E-state index in [2.05, 4.69) is 11.9 Å². The molecule has 1 N–H and O–H groups in total. The molecular weight excluding hydrogens is 326 g/mol. The normalized spacial score (nSPS) is 11.2. The van der Waals surface area contributed by atoms with Crippen LogP contribution >= 0.6 is 0 Å². The lowest BCUT2D eigenvalue weighted by atomic mass is 10.0. The second-order valence-corrected chi connectivity index (χ2v) is 6.02. The Morgan fingerprint density at radius 2 is 1.88 bits per heavy atom. The van der Waals surface area contributed by atoms with Gasteiger partial charge < -0.3 is 4.98 Å². The van der Waals surface area contributed by atoms with Crippen molar-refractivity contribution in [3.8, 4) is 0 Å². The summed E-state index contributed by atoms with van der Waals surface area (Å²) in [5, 5.41) is 0. The van der Waals surface area contributed by atoms with Gasteiger partial charge in [-0.3, -0.25) is 14.0 Å². The van der Waals surface area contributed by atoms with E-state index in [1.807, 2.05) is 6.92 Å². The van der Waals surface area contributed by atoms with Gasteiger partial charge in [-0.2, -0.15) is 0 Å². The average Bonchev–Trinajstić information content (AvgIpc) is 2.90. The molecule has 0 spiro atoms. The predicted molar refractivity (Wildman–Crippen MR) is 91.2 cm³/mol. The second kappa shape index (κ2) is 6.63. The first kappa shape index (κ1) is 17.1. The minimum atomic E-state index is -0.927. The minimum Gasteiger partial charge on any atom is -0.343 e. The lowest BCUT2D eigenvalue weighted by Gasteiger charge is -2.05. The molecule has 0 radical (unpaired) electrons. The largest absolute Gasteiger partial charge is 0.343 e. The molecule has 3 aromatic rings. The molecule has 0 bridgehead atoms. The highest BCUT2D eigenvalue weighted by Crippen LogP contribution is 2.20. The van der Waals surface area contributed by atoms with Crippen molar-refractivity contribution < 1.29 is 13.6 Å². The van der Waals surface area contributed by atoms with E-state index in [4.69, 9.17) is 0 Å². The number of pyridine rings is 1. The summed E-state index contributed by atoms with van der Waals surface area (Å²) in [6, 6.07) is 5.48. The summed E-state index contributed by atoms with van der Waals surface area (Å²) in [6.45, 7) is 3.87. The maximum absolute atomic E-state index is 14.0. The lowest BCUT2D eigenvalue weighted by molar-refractivity contribution is 0.103. The van der Waals surface area contributed by atoms with E-state index in [9.17, 15) is 18.4 Å². The number of carbonyl (C=O) groups excluding carboxylic acids is 1. The zero-order valence-electron chi connectivity index (χ0n) is 14.0. The first-order valence-corrected chi connectivity index (χ1v) is 8.17. The van der Waals surface area contributed by atoms with Gasteiger partial charge in [0.1, 0.15) is 17.3 Å². The Labute approximate surface area is 143 Å². The molecule has 0 amide bonds. The molecule has 25 heavy (non-hydrogen) atoms. The summed E-state index contributed by atoms with van der Waals surface area (Å²) in [6.07, 6.45) is 2.69. The van der Waals surface area contributed by atoms with Crippen LogP contribution in [0, 0.1) is 18.6 Å². The van der Waals surface area contributed by atoms with Crippen molar-refractivity contribution in [1.82, 2.24) is 9.38 Å². The van der Waals surface area contributed by atoms with Gasteiger partial charge in [0.25, 0.3) is 5.56 Å². The molecule has 3 rings (SSSR count). The van der Waals surface area contributed by atoms with Gasteiger partial charge in [-0.25, -0.2) is 8.78 Å². The lowest BCUT2D eigenvalue weighted by Crippen LogP contribution is -2.16. The van der Waals surface area contributed by atoms with E-state index < -0.39 is 17.4 Å². The van der Waals surface area contributed by atoms with E-state index >= 15 is 0 Å². The Morgan fingerprint density at radius 1 is 1.16 bits per heavy atom. The zero-order chi connectivity index (χ0) is 18.1. The van der Waals surface area contributed by atoms with Crippen LogP contribution in [0.25, 0.3) is 5.65 Å². The molecule has 0 unspecified atom stereocenters. The summed E-state index contributed by atoms with van der Waals surface area (Å²) >= 11 is 0. The standard InChI is InChI=1S/C19H18F2N2O2/c1-3-4-5-16-11(2)23-17(24)9-8-14(19(23)22-16)18(25)13-7-6-12(20)10-15(13)21/h6-10,22H,3-5H2,1-2H3. The third kappa shape index (κ3) is 2.99. The Balaban J connectivity index is 2.18. The molecule has 0 saturated carbocycles. The van der Waals surface area contributed by atoms with Gasteiger partial charge in [0, 0.05) is 23.5 Å². The number of hydrogen-bond acceptors (Lipinski definition) is 2. The summed E-state index contributed by atoms with van der Waals surface area (Å²) in [4.78, 5) is 28.1. The first-order valence-electron chi connectivity index (χ1n) is 8.17. The summed E-state index contributed by atoms with van der Waals surface area (Å²) in [7, 11) is 0. The molecule has 0 aliphatic rings. The maximum atomic E-state index is 14.0. The topological polar surface area (TPSA) is 54.3 Å². The molecule has 0 fully saturated rings. The number of fused-ring (bicyclic) bond motifs is 1. The highest BCUT2D eigenvalue weighted by Gasteiger charge is 2.20. The number of benzene rings is 1. The molecule has 2 aromatic heterocycles. The summed E-state index contributed by atoms with van der Waals surface area (Å²) in [5.41, 5.74) is 1.63. The Kier molecular flexibility index (Phi) is 4.53. The number of unbranched alkanes of at least 4 members (excludes halogenated alkanes) is 1. The van der Waals surface area contributed by atoms with Crippen molar-refractivity contribution in [1.29, 1.82) is 0 Å². The van der Waals surface area contributed by atoms with Crippen molar-refractivity contribution in [2.75, 3.05) is 0 Å². The van der Waals surface area contributed by atoms with Crippen LogP contribution < -0.4 is 5.56 Å². The molecule has 0 atom stereocenters. The third-order valence-corrected chi connectivity index (χ3v) is 4.33. The number of carbonyl (C=O) groups is 1. The van der Waals surface area contributed by atoms with Gasteiger partial charge >= 0.3 is 0 Å².